The van der Waals surface area contributed by atoms with Crippen molar-refractivity contribution < 1.29 is 9.47 Å². The van der Waals surface area contributed by atoms with Crippen LogP contribution >= 0.6 is 0 Å². The molecule has 0 saturated carbocycles. The molecule has 0 radical (unpaired) electrons. The number of hydrogen-bond donors (Lipinski definition) is 1. The maximum absolute atomic E-state index is 5.40. The van der Waals surface area contributed by atoms with E-state index in [1.54, 1.807) is 7.11 Å². The van der Waals surface area contributed by atoms with E-state index in [1.165, 1.54) is 12.8 Å². The van der Waals surface area contributed by atoms with Crippen molar-refractivity contribution in [1.82, 2.24) is 5.32 Å². The van der Waals surface area contributed by atoms with Crippen molar-refractivity contribution in [2.45, 2.75) is 45.3 Å². The lowest BCUT2D eigenvalue weighted by atomic mass is 9.88. The fourth-order valence-corrected chi connectivity index (χ4v) is 2.28. The first-order valence-corrected chi connectivity index (χ1v) is 6.11. The molecule has 15 heavy (non-hydrogen) atoms. The maximum atomic E-state index is 5.40. The molecule has 1 saturated heterocycles. The molecule has 2 atom stereocenters. The van der Waals surface area contributed by atoms with Gasteiger partial charge in [0.1, 0.15) is 0 Å². The average Bonchev–Trinajstić information content (AvgIpc) is 2.29. The molecule has 0 aromatic rings. The molecule has 3 nitrogen and oxygen atoms in total. The van der Waals surface area contributed by atoms with E-state index in [9.17, 15) is 0 Å². The van der Waals surface area contributed by atoms with Crippen molar-refractivity contribution in [3.05, 3.63) is 0 Å². The SMILES string of the molecule is CCNC(CC(C)OC)C1CCOCC1. The molecule has 0 aromatic heterocycles. The number of hydrogen-bond acceptors (Lipinski definition) is 3. The van der Waals surface area contributed by atoms with E-state index in [1.807, 2.05) is 0 Å². The van der Waals surface area contributed by atoms with Crippen molar-refractivity contribution in [1.29, 1.82) is 0 Å². The van der Waals surface area contributed by atoms with Gasteiger partial charge in [0, 0.05) is 26.4 Å². The van der Waals surface area contributed by atoms with Gasteiger partial charge in [-0.1, -0.05) is 6.92 Å². The zero-order valence-corrected chi connectivity index (χ0v) is 10.3. The highest BCUT2D eigenvalue weighted by atomic mass is 16.5. The van der Waals surface area contributed by atoms with Gasteiger partial charge in [0.05, 0.1) is 6.10 Å². The summed E-state index contributed by atoms with van der Waals surface area (Å²) in [4.78, 5) is 0. The van der Waals surface area contributed by atoms with Gasteiger partial charge in [-0.25, -0.2) is 0 Å². The van der Waals surface area contributed by atoms with E-state index in [0.29, 0.717) is 12.1 Å². The second kappa shape index (κ2) is 7.20. The van der Waals surface area contributed by atoms with Gasteiger partial charge < -0.3 is 14.8 Å². The van der Waals surface area contributed by atoms with Gasteiger partial charge in [-0.05, 0) is 38.6 Å². The Morgan fingerprint density at radius 2 is 2.07 bits per heavy atom. The number of methoxy groups -OCH3 is 1. The molecule has 2 unspecified atom stereocenters. The minimum absolute atomic E-state index is 0.344. The van der Waals surface area contributed by atoms with Crippen molar-refractivity contribution in [3.63, 3.8) is 0 Å². The molecule has 0 spiro atoms. The topological polar surface area (TPSA) is 30.5 Å². The molecule has 0 bridgehead atoms. The average molecular weight is 215 g/mol. The summed E-state index contributed by atoms with van der Waals surface area (Å²) in [6.45, 7) is 7.20. The highest BCUT2D eigenvalue weighted by Gasteiger charge is 2.24. The second-order valence-corrected chi connectivity index (χ2v) is 4.40. The molecule has 1 N–H and O–H groups in total. The van der Waals surface area contributed by atoms with Gasteiger partial charge in [0.15, 0.2) is 0 Å². The number of ether oxygens (including phenoxy) is 2. The fraction of sp³-hybridized carbons (Fsp3) is 1.00. The summed E-state index contributed by atoms with van der Waals surface area (Å²) in [7, 11) is 1.79. The second-order valence-electron chi connectivity index (χ2n) is 4.40. The van der Waals surface area contributed by atoms with Crippen molar-refractivity contribution in [2.75, 3.05) is 26.9 Å². The lowest BCUT2D eigenvalue weighted by Crippen LogP contribution is -2.41. The lowest BCUT2D eigenvalue weighted by molar-refractivity contribution is 0.0378. The van der Waals surface area contributed by atoms with Gasteiger partial charge in [0.25, 0.3) is 0 Å². The van der Waals surface area contributed by atoms with Crippen LogP contribution in [0.5, 0.6) is 0 Å². The van der Waals surface area contributed by atoms with Gasteiger partial charge >= 0.3 is 0 Å². The summed E-state index contributed by atoms with van der Waals surface area (Å²) >= 11 is 0. The molecular weight excluding hydrogens is 190 g/mol. The van der Waals surface area contributed by atoms with Gasteiger partial charge in [-0.15, -0.1) is 0 Å². The van der Waals surface area contributed by atoms with E-state index in [4.69, 9.17) is 9.47 Å². The molecular formula is C12H25NO2. The maximum Gasteiger partial charge on any atom is 0.0558 e. The summed E-state index contributed by atoms with van der Waals surface area (Å²) in [6, 6.07) is 0.592. The van der Waals surface area contributed by atoms with E-state index in [0.717, 1.165) is 32.1 Å². The van der Waals surface area contributed by atoms with Crippen LogP contribution in [0, 0.1) is 5.92 Å². The van der Waals surface area contributed by atoms with Crippen LogP contribution in [-0.4, -0.2) is 39.0 Å². The van der Waals surface area contributed by atoms with Crippen LogP contribution in [0.25, 0.3) is 0 Å². The Labute approximate surface area is 93.5 Å². The first kappa shape index (κ1) is 12.9. The largest absolute Gasteiger partial charge is 0.382 e. The molecule has 90 valence electrons. The van der Waals surface area contributed by atoms with E-state index in [-0.39, 0.29) is 0 Å². The van der Waals surface area contributed by atoms with E-state index < -0.39 is 0 Å². The first-order valence-electron chi connectivity index (χ1n) is 6.11. The first-order chi connectivity index (χ1) is 7.27. The lowest BCUT2D eigenvalue weighted by Gasteiger charge is -2.32. The van der Waals surface area contributed by atoms with Crippen LogP contribution in [0.2, 0.25) is 0 Å². The van der Waals surface area contributed by atoms with E-state index in [2.05, 4.69) is 19.2 Å². The van der Waals surface area contributed by atoms with E-state index >= 15 is 0 Å². The van der Waals surface area contributed by atoms with Gasteiger partial charge in [-0.3, -0.25) is 0 Å². The van der Waals surface area contributed by atoms with Crippen LogP contribution < -0.4 is 5.32 Å². The van der Waals surface area contributed by atoms with Crippen LogP contribution in [0.15, 0.2) is 0 Å². The predicted molar refractivity (Wildman–Crippen MR) is 62.1 cm³/mol. The normalized spacial score (nSPS) is 22.6. The molecule has 1 rings (SSSR count). The summed E-state index contributed by atoms with van der Waals surface area (Å²) in [6.07, 6.45) is 3.83. The molecule has 0 aromatic carbocycles. The Bertz CT molecular complexity index is 158. The minimum atomic E-state index is 0.344. The Hall–Kier alpha value is -0.120. The van der Waals surface area contributed by atoms with Crippen LogP contribution in [0.4, 0.5) is 0 Å². The Kier molecular flexibility index (Phi) is 6.22. The predicted octanol–water partition coefficient (Wildman–Crippen LogP) is 1.82. The summed E-state index contributed by atoms with van der Waals surface area (Å²) in [5.74, 6) is 0.760. The van der Waals surface area contributed by atoms with Crippen LogP contribution in [-0.2, 0) is 9.47 Å². The van der Waals surface area contributed by atoms with Crippen molar-refractivity contribution in [2.24, 2.45) is 5.92 Å². The van der Waals surface area contributed by atoms with Gasteiger partial charge in [0.2, 0.25) is 0 Å². The standard InChI is InChI=1S/C12H25NO2/c1-4-13-12(9-10(2)14-3)11-5-7-15-8-6-11/h10-13H,4-9H2,1-3H3. The minimum Gasteiger partial charge on any atom is -0.382 e. The smallest absolute Gasteiger partial charge is 0.0558 e. The molecule has 1 heterocycles. The Balaban J connectivity index is 2.39. The Morgan fingerprint density at radius 1 is 1.40 bits per heavy atom. The third-order valence-corrected chi connectivity index (χ3v) is 3.29. The fourth-order valence-electron chi connectivity index (χ4n) is 2.28. The molecule has 1 aliphatic rings. The third kappa shape index (κ3) is 4.49. The Morgan fingerprint density at radius 3 is 2.60 bits per heavy atom. The third-order valence-electron chi connectivity index (χ3n) is 3.29. The summed E-state index contributed by atoms with van der Waals surface area (Å²) in [5.41, 5.74) is 0. The number of rotatable bonds is 6. The highest BCUT2D eigenvalue weighted by molar-refractivity contribution is 4.80. The zero-order valence-electron chi connectivity index (χ0n) is 10.3. The summed E-state index contributed by atoms with van der Waals surface area (Å²) < 4.78 is 10.7. The van der Waals surface area contributed by atoms with Crippen LogP contribution in [0.3, 0.4) is 0 Å². The molecule has 1 fully saturated rings. The van der Waals surface area contributed by atoms with Crippen molar-refractivity contribution >= 4 is 0 Å². The molecule has 3 heteroatoms. The van der Waals surface area contributed by atoms with Crippen LogP contribution in [0.1, 0.15) is 33.1 Å². The van der Waals surface area contributed by atoms with Crippen molar-refractivity contribution in [3.8, 4) is 0 Å². The molecule has 1 aliphatic heterocycles. The highest BCUT2D eigenvalue weighted by Crippen LogP contribution is 2.22. The monoisotopic (exact) mass is 215 g/mol. The molecule has 0 amide bonds. The summed E-state index contributed by atoms with van der Waals surface area (Å²) in [5, 5.41) is 3.58. The zero-order chi connectivity index (χ0) is 11.1. The number of nitrogens with one attached hydrogen (secondary N) is 1. The molecule has 0 aliphatic carbocycles. The quantitative estimate of drug-likeness (QED) is 0.733. The van der Waals surface area contributed by atoms with Gasteiger partial charge in [-0.2, -0.15) is 0 Å².